The first-order valence-corrected chi connectivity index (χ1v) is 7.39. The summed E-state index contributed by atoms with van der Waals surface area (Å²) in [5.74, 6) is 2.18. The van der Waals surface area contributed by atoms with Gasteiger partial charge in [0.15, 0.2) is 6.04 Å². The van der Waals surface area contributed by atoms with E-state index >= 15 is 0 Å². The number of amides is 2. The number of urea groups is 1. The van der Waals surface area contributed by atoms with Crippen molar-refractivity contribution in [3.63, 3.8) is 0 Å². The molecule has 2 aromatic carbocycles. The Balaban J connectivity index is 2.12. The van der Waals surface area contributed by atoms with E-state index in [1.807, 2.05) is 0 Å². The van der Waals surface area contributed by atoms with Gasteiger partial charge in [0, 0.05) is 23.4 Å². The van der Waals surface area contributed by atoms with E-state index in [1.165, 1.54) is 36.4 Å². The van der Waals surface area contributed by atoms with E-state index < -0.39 is 18.2 Å². The van der Waals surface area contributed by atoms with Gasteiger partial charge in [0.2, 0.25) is 0 Å². The minimum Gasteiger partial charge on any atom is -0.507 e. The molecule has 0 bridgehead atoms. The molecular formula is C17H10ClF3N2O2. The predicted molar refractivity (Wildman–Crippen MR) is 85.8 cm³/mol. The molecule has 2 aromatic rings. The maximum absolute atomic E-state index is 13.6. The van der Waals surface area contributed by atoms with Gasteiger partial charge >= 0.3 is 12.2 Å². The number of hydrogen-bond acceptors (Lipinski definition) is 2. The molecule has 1 atom stereocenters. The minimum atomic E-state index is -4.75. The van der Waals surface area contributed by atoms with Gasteiger partial charge in [-0.1, -0.05) is 30.3 Å². The SMILES string of the molecule is O=C1N(Cl)c2ccccc2[C@@H](C(F)(F)F)N1C#Cc1ccccc1O. The summed E-state index contributed by atoms with van der Waals surface area (Å²) >= 11 is 5.88. The highest BCUT2D eigenvalue weighted by molar-refractivity contribution is 6.37. The Morgan fingerprint density at radius 2 is 1.72 bits per heavy atom. The van der Waals surface area contributed by atoms with Crippen LogP contribution < -0.4 is 4.42 Å². The lowest BCUT2D eigenvalue weighted by atomic mass is 10.0. The monoisotopic (exact) mass is 366 g/mol. The van der Waals surface area contributed by atoms with Crippen LogP contribution in [0.25, 0.3) is 0 Å². The van der Waals surface area contributed by atoms with Crippen molar-refractivity contribution in [1.29, 1.82) is 0 Å². The van der Waals surface area contributed by atoms with Crippen LogP contribution in [-0.4, -0.2) is 22.2 Å². The van der Waals surface area contributed by atoms with Gasteiger partial charge < -0.3 is 5.11 Å². The van der Waals surface area contributed by atoms with Gasteiger partial charge in [-0.15, -0.1) is 0 Å². The fraction of sp³-hybridized carbons (Fsp3) is 0.118. The fourth-order valence-electron chi connectivity index (χ4n) is 2.48. The second-order valence-electron chi connectivity index (χ2n) is 5.19. The molecule has 4 nitrogen and oxygen atoms in total. The molecule has 0 radical (unpaired) electrons. The lowest BCUT2D eigenvalue weighted by Gasteiger charge is -2.37. The third-order valence-electron chi connectivity index (χ3n) is 3.60. The van der Waals surface area contributed by atoms with Crippen LogP contribution in [0.5, 0.6) is 5.75 Å². The molecule has 1 aliphatic rings. The quantitative estimate of drug-likeness (QED) is 0.554. The number of para-hydroxylation sites is 2. The van der Waals surface area contributed by atoms with Gasteiger partial charge in [0.25, 0.3) is 0 Å². The molecule has 0 unspecified atom stereocenters. The number of hydrogen-bond donors (Lipinski definition) is 1. The standard InChI is InChI=1S/C17H10ClF3N2O2/c18-23-13-7-3-2-6-12(13)15(17(19,20)21)22(16(23)25)10-9-11-5-1-4-8-14(11)24/h1-8,15,24H/t15-/m0/s1. The Kier molecular flexibility index (Phi) is 4.23. The van der Waals surface area contributed by atoms with Gasteiger partial charge in [-0.2, -0.15) is 13.2 Å². The summed E-state index contributed by atoms with van der Waals surface area (Å²) in [4.78, 5) is 12.6. The molecule has 1 heterocycles. The van der Waals surface area contributed by atoms with E-state index in [1.54, 1.807) is 12.1 Å². The first-order chi connectivity index (χ1) is 11.8. The number of fused-ring (bicyclic) bond motifs is 1. The zero-order chi connectivity index (χ0) is 18.2. The topological polar surface area (TPSA) is 43.8 Å². The smallest absolute Gasteiger partial charge is 0.414 e. The summed E-state index contributed by atoms with van der Waals surface area (Å²) in [6.07, 6.45) is -4.75. The molecule has 0 aromatic heterocycles. The molecule has 0 saturated heterocycles. The van der Waals surface area contributed by atoms with Crippen molar-refractivity contribution >= 4 is 23.5 Å². The van der Waals surface area contributed by atoms with Gasteiger partial charge in [0.1, 0.15) is 5.75 Å². The van der Waals surface area contributed by atoms with Crippen LogP contribution in [0.1, 0.15) is 17.2 Å². The second kappa shape index (κ2) is 6.22. The van der Waals surface area contributed by atoms with Crippen molar-refractivity contribution in [2.75, 3.05) is 4.42 Å². The Hall–Kier alpha value is -2.85. The van der Waals surface area contributed by atoms with Crippen LogP contribution in [0.3, 0.4) is 0 Å². The summed E-state index contributed by atoms with van der Waals surface area (Å²) in [5, 5.41) is 9.68. The van der Waals surface area contributed by atoms with Crippen molar-refractivity contribution in [3.8, 4) is 17.7 Å². The Labute approximate surface area is 146 Å². The molecule has 0 saturated carbocycles. The van der Waals surface area contributed by atoms with Crippen LogP contribution in [0, 0.1) is 12.0 Å². The van der Waals surface area contributed by atoms with Crippen molar-refractivity contribution in [2.45, 2.75) is 12.2 Å². The highest BCUT2D eigenvalue weighted by Crippen LogP contribution is 2.45. The first-order valence-electron chi connectivity index (χ1n) is 7.05. The molecule has 1 aliphatic heterocycles. The third kappa shape index (κ3) is 3.08. The number of aromatic hydroxyl groups is 1. The molecule has 0 spiro atoms. The number of rotatable bonds is 0. The predicted octanol–water partition coefficient (Wildman–Crippen LogP) is 4.40. The van der Waals surface area contributed by atoms with Crippen LogP contribution in [0.2, 0.25) is 0 Å². The number of benzene rings is 2. The van der Waals surface area contributed by atoms with E-state index in [2.05, 4.69) is 12.0 Å². The average Bonchev–Trinajstić information content (AvgIpc) is 2.57. The fourth-order valence-corrected chi connectivity index (χ4v) is 2.71. The molecule has 128 valence electrons. The number of carbonyl (C=O) groups excluding carboxylic acids is 1. The summed E-state index contributed by atoms with van der Waals surface area (Å²) in [7, 11) is 0. The molecule has 8 heteroatoms. The third-order valence-corrected chi connectivity index (χ3v) is 3.93. The van der Waals surface area contributed by atoms with E-state index in [4.69, 9.17) is 11.8 Å². The summed E-state index contributed by atoms with van der Waals surface area (Å²) < 4.78 is 41.4. The number of phenols is 1. The number of anilines is 1. The van der Waals surface area contributed by atoms with E-state index in [0.29, 0.717) is 9.32 Å². The molecule has 25 heavy (non-hydrogen) atoms. The normalized spacial score (nSPS) is 17.0. The molecule has 3 rings (SSSR count). The van der Waals surface area contributed by atoms with Gasteiger partial charge in [-0.3, -0.25) is 0 Å². The number of halogens is 4. The summed E-state index contributed by atoms with van der Waals surface area (Å²) in [6.45, 7) is 0. The molecule has 0 fully saturated rings. The number of phenolic OH excluding ortho intramolecular Hbond substituents is 1. The molecule has 2 amide bonds. The zero-order valence-corrected chi connectivity index (χ0v) is 13.2. The molecular weight excluding hydrogens is 357 g/mol. The minimum absolute atomic E-state index is 0.0444. The number of carbonyl (C=O) groups is 1. The lowest BCUT2D eigenvalue weighted by molar-refractivity contribution is -0.171. The number of alkyl halides is 3. The summed E-state index contributed by atoms with van der Waals surface area (Å²) in [5.41, 5.74) is -0.135. The van der Waals surface area contributed by atoms with Crippen molar-refractivity contribution in [3.05, 3.63) is 59.7 Å². The van der Waals surface area contributed by atoms with E-state index in [0.717, 1.165) is 0 Å². The Morgan fingerprint density at radius 3 is 2.40 bits per heavy atom. The highest BCUT2D eigenvalue weighted by Gasteiger charge is 2.51. The Morgan fingerprint density at radius 1 is 1.08 bits per heavy atom. The molecule has 0 aliphatic carbocycles. The van der Waals surface area contributed by atoms with Crippen LogP contribution >= 0.6 is 11.8 Å². The number of nitrogens with zero attached hydrogens (tertiary/aromatic N) is 2. The van der Waals surface area contributed by atoms with Gasteiger partial charge in [0.05, 0.1) is 11.3 Å². The maximum atomic E-state index is 13.6. The van der Waals surface area contributed by atoms with Crippen LogP contribution in [-0.2, 0) is 0 Å². The lowest BCUT2D eigenvalue weighted by Crippen LogP contribution is -2.48. The molecule has 1 N–H and O–H groups in total. The van der Waals surface area contributed by atoms with E-state index in [-0.39, 0.29) is 22.6 Å². The van der Waals surface area contributed by atoms with Gasteiger partial charge in [-0.05, 0) is 24.1 Å². The van der Waals surface area contributed by atoms with Crippen molar-refractivity contribution in [2.24, 2.45) is 0 Å². The van der Waals surface area contributed by atoms with Crippen LogP contribution in [0.4, 0.5) is 23.7 Å². The van der Waals surface area contributed by atoms with Crippen molar-refractivity contribution < 1.29 is 23.1 Å². The van der Waals surface area contributed by atoms with E-state index in [9.17, 15) is 23.1 Å². The second-order valence-corrected chi connectivity index (χ2v) is 5.53. The average molecular weight is 367 g/mol. The highest BCUT2D eigenvalue weighted by atomic mass is 35.5. The first kappa shape index (κ1) is 17.0. The largest absolute Gasteiger partial charge is 0.507 e. The van der Waals surface area contributed by atoms with Gasteiger partial charge in [-0.25, -0.2) is 14.1 Å². The van der Waals surface area contributed by atoms with Crippen molar-refractivity contribution in [1.82, 2.24) is 4.90 Å². The van der Waals surface area contributed by atoms with Crippen LogP contribution in [0.15, 0.2) is 48.5 Å². The summed E-state index contributed by atoms with van der Waals surface area (Å²) in [6, 6.07) is 10.1. The maximum Gasteiger partial charge on any atom is 0.414 e. The Bertz CT molecular complexity index is 889. The zero-order valence-electron chi connectivity index (χ0n) is 12.5.